The number of aryl methyl sites for hydroxylation is 1. The maximum Gasteiger partial charge on any atom is 0.294 e. The lowest BCUT2D eigenvalue weighted by Gasteiger charge is -2.09. The second kappa shape index (κ2) is 18.3. The minimum absolute atomic E-state index is 0.184. The first-order valence-corrected chi connectivity index (χ1v) is 18.7. The molecule has 0 aliphatic heterocycles. The second-order valence-electron chi connectivity index (χ2n) is 10.5. The number of thioether (sulfide) groups is 1. The van der Waals surface area contributed by atoms with E-state index in [1.807, 2.05) is 4.57 Å². The summed E-state index contributed by atoms with van der Waals surface area (Å²) < 4.78 is 65.4. The summed E-state index contributed by atoms with van der Waals surface area (Å²) in [5.41, 5.74) is 1.28. The van der Waals surface area contributed by atoms with E-state index in [1.54, 1.807) is 17.8 Å². The number of hydrogen-bond acceptors (Lipinski definition) is 6. The standard InChI is InChI=1S/C28H48N2O6S3/c1-2-3-4-5-6-7-8-9-10-11-12-13-14-17-22-37-28-29-26-24-25(39(34,35)36)19-20-27(26)30(28)21-16-15-18-23-38(31,32)33/h19-20,24H,2-18,21-23H2,1H3,(H,31,32,33)(H,34,35,36). The molecular weight excluding hydrogens is 557 g/mol. The molecule has 2 aromatic rings. The largest absolute Gasteiger partial charge is 0.319 e. The van der Waals surface area contributed by atoms with Crippen LogP contribution in [-0.2, 0) is 26.8 Å². The molecular formula is C28H48N2O6S3. The first-order chi connectivity index (χ1) is 18.6. The molecule has 1 heterocycles. The van der Waals surface area contributed by atoms with E-state index in [-0.39, 0.29) is 10.6 Å². The Bertz CT molecular complexity index is 1180. The van der Waals surface area contributed by atoms with Gasteiger partial charge in [0.2, 0.25) is 0 Å². The van der Waals surface area contributed by atoms with Crippen LogP contribution in [0.3, 0.4) is 0 Å². The number of imidazole rings is 1. The fourth-order valence-corrected chi connectivity index (χ4v) is 6.87. The Morgan fingerprint density at radius 1 is 0.744 bits per heavy atom. The van der Waals surface area contributed by atoms with Crippen LogP contribution in [-0.4, -0.2) is 47.0 Å². The van der Waals surface area contributed by atoms with Crippen LogP contribution in [0.2, 0.25) is 0 Å². The lowest BCUT2D eigenvalue weighted by Crippen LogP contribution is -2.05. The SMILES string of the molecule is CCCCCCCCCCCCCCCCSc1nc2cc(S(=O)(=O)O)ccc2n1CCCCCS(=O)(=O)O. The van der Waals surface area contributed by atoms with Gasteiger partial charge in [-0.25, -0.2) is 4.98 Å². The number of fused-ring (bicyclic) bond motifs is 1. The van der Waals surface area contributed by atoms with Crippen molar-refractivity contribution in [1.82, 2.24) is 9.55 Å². The molecule has 2 rings (SSSR count). The lowest BCUT2D eigenvalue weighted by molar-refractivity contribution is 0.477. The predicted octanol–water partition coefficient (Wildman–Crippen LogP) is 7.91. The van der Waals surface area contributed by atoms with Gasteiger partial charge in [-0.15, -0.1) is 0 Å². The summed E-state index contributed by atoms with van der Waals surface area (Å²) in [7, 11) is -8.27. The van der Waals surface area contributed by atoms with Gasteiger partial charge < -0.3 is 4.57 Å². The predicted molar refractivity (Wildman–Crippen MR) is 161 cm³/mol. The van der Waals surface area contributed by atoms with Gasteiger partial charge in [-0.1, -0.05) is 109 Å². The Balaban J connectivity index is 1.74. The van der Waals surface area contributed by atoms with Crippen LogP contribution in [0.15, 0.2) is 28.3 Å². The minimum atomic E-state index is -4.32. The molecule has 1 aromatic carbocycles. The number of hydrogen-bond donors (Lipinski definition) is 2. The number of rotatable bonds is 23. The molecule has 0 amide bonds. The summed E-state index contributed by atoms with van der Waals surface area (Å²) in [6, 6.07) is 4.41. The smallest absolute Gasteiger partial charge is 0.294 e. The second-order valence-corrected chi connectivity index (χ2v) is 14.5. The van der Waals surface area contributed by atoms with E-state index < -0.39 is 20.2 Å². The maximum atomic E-state index is 11.6. The van der Waals surface area contributed by atoms with Crippen molar-refractivity contribution >= 4 is 43.0 Å². The zero-order valence-corrected chi connectivity index (χ0v) is 26.0. The molecule has 0 aliphatic carbocycles. The van der Waals surface area contributed by atoms with Gasteiger partial charge >= 0.3 is 0 Å². The van der Waals surface area contributed by atoms with Gasteiger partial charge in [0.05, 0.1) is 21.7 Å². The van der Waals surface area contributed by atoms with Crippen LogP contribution < -0.4 is 0 Å². The van der Waals surface area contributed by atoms with Gasteiger partial charge in [-0.3, -0.25) is 9.11 Å². The highest BCUT2D eigenvalue weighted by Crippen LogP contribution is 2.28. The highest BCUT2D eigenvalue weighted by molar-refractivity contribution is 7.99. The minimum Gasteiger partial charge on any atom is -0.319 e. The third kappa shape index (κ3) is 14.4. The summed E-state index contributed by atoms with van der Waals surface area (Å²) in [6.45, 7) is 2.86. The van der Waals surface area contributed by atoms with Crippen LogP contribution in [0.1, 0.15) is 116 Å². The zero-order valence-electron chi connectivity index (χ0n) is 23.5. The molecule has 0 atom stereocenters. The highest BCUT2D eigenvalue weighted by atomic mass is 32.2. The number of nitrogens with zero attached hydrogens (tertiary/aromatic N) is 2. The molecule has 0 saturated carbocycles. The molecule has 224 valence electrons. The summed E-state index contributed by atoms with van der Waals surface area (Å²) in [5.74, 6) is 0.658. The van der Waals surface area contributed by atoms with Crippen molar-refractivity contribution in [3.63, 3.8) is 0 Å². The van der Waals surface area contributed by atoms with Gasteiger partial charge in [0.15, 0.2) is 5.16 Å². The van der Waals surface area contributed by atoms with Crippen LogP contribution in [0, 0.1) is 0 Å². The van der Waals surface area contributed by atoms with Crippen LogP contribution in [0.5, 0.6) is 0 Å². The average Bonchev–Trinajstić information content (AvgIpc) is 3.21. The van der Waals surface area contributed by atoms with Gasteiger partial charge in [0.25, 0.3) is 20.2 Å². The summed E-state index contributed by atoms with van der Waals surface area (Å²) in [6.07, 6.45) is 20.1. The van der Waals surface area contributed by atoms with Crippen LogP contribution in [0.25, 0.3) is 11.0 Å². The molecule has 0 aliphatic rings. The first-order valence-electron chi connectivity index (χ1n) is 14.7. The molecule has 0 bridgehead atoms. The van der Waals surface area contributed by atoms with Gasteiger partial charge in [-0.2, -0.15) is 16.8 Å². The van der Waals surface area contributed by atoms with E-state index in [0.29, 0.717) is 31.3 Å². The molecule has 0 fully saturated rings. The van der Waals surface area contributed by atoms with Gasteiger partial charge in [0, 0.05) is 12.3 Å². The quantitative estimate of drug-likeness (QED) is 0.0744. The Morgan fingerprint density at radius 2 is 1.28 bits per heavy atom. The van der Waals surface area contributed by atoms with E-state index in [1.165, 1.54) is 95.6 Å². The molecule has 1 aromatic heterocycles. The summed E-state index contributed by atoms with van der Waals surface area (Å²) >= 11 is 1.64. The van der Waals surface area contributed by atoms with Crippen molar-refractivity contribution < 1.29 is 25.9 Å². The molecule has 2 N–H and O–H groups in total. The molecule has 0 radical (unpaired) electrons. The third-order valence-electron chi connectivity index (χ3n) is 7.00. The van der Waals surface area contributed by atoms with Crippen molar-refractivity contribution in [3.8, 4) is 0 Å². The molecule has 0 spiro atoms. The van der Waals surface area contributed by atoms with Gasteiger partial charge in [-0.05, 0) is 37.5 Å². The average molecular weight is 605 g/mol. The zero-order chi connectivity index (χ0) is 28.6. The highest BCUT2D eigenvalue weighted by Gasteiger charge is 2.16. The van der Waals surface area contributed by atoms with E-state index in [4.69, 9.17) is 4.55 Å². The fraction of sp³-hybridized carbons (Fsp3) is 0.750. The van der Waals surface area contributed by atoms with Crippen LogP contribution in [0.4, 0.5) is 0 Å². The topological polar surface area (TPSA) is 127 Å². The normalized spacial score (nSPS) is 12.5. The van der Waals surface area contributed by atoms with Crippen molar-refractivity contribution in [2.24, 2.45) is 0 Å². The van der Waals surface area contributed by atoms with Gasteiger partial charge in [0.1, 0.15) is 0 Å². The van der Waals surface area contributed by atoms with E-state index in [9.17, 15) is 21.4 Å². The van der Waals surface area contributed by atoms with Crippen molar-refractivity contribution in [3.05, 3.63) is 18.2 Å². The lowest BCUT2D eigenvalue weighted by atomic mass is 10.0. The number of aromatic nitrogens is 2. The molecule has 8 nitrogen and oxygen atoms in total. The van der Waals surface area contributed by atoms with Crippen molar-refractivity contribution in [1.29, 1.82) is 0 Å². The summed E-state index contributed by atoms with van der Waals surface area (Å²) in [4.78, 5) is 4.46. The summed E-state index contributed by atoms with van der Waals surface area (Å²) in [5, 5.41) is 0.793. The Morgan fingerprint density at radius 3 is 1.82 bits per heavy atom. The number of benzene rings is 1. The number of unbranched alkanes of at least 4 members (excludes halogenated alkanes) is 15. The van der Waals surface area contributed by atoms with E-state index >= 15 is 0 Å². The first kappa shape index (κ1) is 34.1. The Labute approximate surface area is 240 Å². The maximum absolute atomic E-state index is 11.6. The van der Waals surface area contributed by atoms with Crippen molar-refractivity contribution in [2.75, 3.05) is 11.5 Å². The van der Waals surface area contributed by atoms with Crippen molar-refractivity contribution in [2.45, 2.75) is 133 Å². The molecule has 39 heavy (non-hydrogen) atoms. The third-order valence-corrected chi connectivity index (χ3v) is 9.71. The molecule has 0 saturated heterocycles. The monoisotopic (exact) mass is 604 g/mol. The van der Waals surface area contributed by atoms with E-state index in [0.717, 1.165) is 22.8 Å². The van der Waals surface area contributed by atoms with Crippen LogP contribution >= 0.6 is 11.8 Å². The molecule has 0 unspecified atom stereocenters. The van der Waals surface area contributed by atoms with E-state index in [2.05, 4.69) is 11.9 Å². The fourth-order valence-electron chi connectivity index (χ4n) is 4.77. The molecule has 11 heteroatoms. The Hall–Kier alpha value is -1.14. The Kier molecular flexibility index (Phi) is 16.0.